The summed E-state index contributed by atoms with van der Waals surface area (Å²) >= 11 is 6.13. The van der Waals surface area contributed by atoms with Crippen molar-refractivity contribution in [1.82, 2.24) is 29.5 Å². The summed E-state index contributed by atoms with van der Waals surface area (Å²) in [6.45, 7) is 7.28. The van der Waals surface area contributed by atoms with Crippen LogP contribution in [0.3, 0.4) is 0 Å². The number of aromatic nitrogens is 4. The van der Waals surface area contributed by atoms with Gasteiger partial charge in [0.05, 0.1) is 30.0 Å². The fraction of sp³-hybridized carbons (Fsp3) is 0.429. The van der Waals surface area contributed by atoms with Crippen LogP contribution in [0.2, 0.25) is 5.02 Å². The normalized spacial score (nSPS) is 13.1. The largest absolute Gasteiger partial charge is 0.337 e. The number of nitrogens with zero attached hydrogens (tertiary/aromatic N) is 6. The quantitative estimate of drug-likeness (QED) is 0.520. The first-order chi connectivity index (χ1) is 14.5. The molecule has 0 radical (unpaired) electrons. The predicted octanol–water partition coefficient (Wildman–Crippen LogP) is 4.21. The minimum Gasteiger partial charge on any atom is -0.337 e. The van der Waals surface area contributed by atoms with Crippen molar-refractivity contribution in [2.45, 2.75) is 39.8 Å². The summed E-state index contributed by atoms with van der Waals surface area (Å²) in [5.41, 5.74) is 2.72. The Morgan fingerprint density at radius 3 is 2.68 bits per heavy atom. The topological polar surface area (TPSA) is 80.3 Å². The second-order valence-electron chi connectivity index (χ2n) is 7.52. The number of amides is 1. The lowest BCUT2D eigenvalue weighted by atomic mass is 10.1. The zero-order valence-corrected chi connectivity index (χ0v) is 19.4. The van der Waals surface area contributed by atoms with E-state index in [1.54, 1.807) is 30.4 Å². The van der Waals surface area contributed by atoms with Gasteiger partial charge in [-0.15, -0.1) is 12.4 Å². The first kappa shape index (κ1) is 23.2. The monoisotopic (exact) mass is 464 g/mol. The van der Waals surface area contributed by atoms with Crippen LogP contribution >= 0.6 is 24.0 Å². The highest BCUT2D eigenvalue weighted by Crippen LogP contribution is 2.30. The van der Waals surface area contributed by atoms with E-state index in [1.165, 1.54) is 0 Å². The Balaban J connectivity index is 0.00000272. The van der Waals surface area contributed by atoms with E-state index in [4.69, 9.17) is 16.1 Å². The van der Waals surface area contributed by atoms with Crippen molar-refractivity contribution in [3.05, 3.63) is 46.7 Å². The molecule has 1 aliphatic heterocycles. The zero-order chi connectivity index (χ0) is 21.3. The summed E-state index contributed by atoms with van der Waals surface area (Å²) in [7, 11) is 1.76. The molecule has 10 heteroatoms. The molecule has 3 aromatic rings. The fourth-order valence-corrected chi connectivity index (χ4v) is 3.99. The van der Waals surface area contributed by atoms with E-state index in [9.17, 15) is 4.79 Å². The average Bonchev–Trinajstić information content (AvgIpc) is 3.32. The van der Waals surface area contributed by atoms with Crippen molar-refractivity contribution in [3.8, 4) is 17.2 Å². The van der Waals surface area contributed by atoms with Gasteiger partial charge in [0, 0.05) is 12.1 Å². The van der Waals surface area contributed by atoms with Crippen LogP contribution in [0.1, 0.15) is 48.6 Å². The van der Waals surface area contributed by atoms with Crippen molar-refractivity contribution in [1.29, 1.82) is 0 Å². The Bertz CT molecular complexity index is 1060. The van der Waals surface area contributed by atoms with Gasteiger partial charge in [0.25, 0.3) is 5.91 Å². The number of carbonyl (C=O) groups excluding carboxylic acids is 1. The molecule has 0 unspecified atom stereocenters. The Labute approximate surface area is 192 Å². The second-order valence-corrected chi connectivity index (χ2v) is 7.96. The van der Waals surface area contributed by atoms with Gasteiger partial charge in [0.2, 0.25) is 11.7 Å². The highest BCUT2D eigenvalue weighted by atomic mass is 35.5. The van der Waals surface area contributed by atoms with Gasteiger partial charge in [0.1, 0.15) is 12.0 Å². The molecule has 0 bridgehead atoms. The summed E-state index contributed by atoms with van der Waals surface area (Å²) in [6.07, 6.45) is 3.83. The second kappa shape index (κ2) is 9.80. The number of fused-ring (bicyclic) bond motifs is 3. The molecular formula is C21H26Cl2N6O2. The highest BCUT2D eigenvalue weighted by molar-refractivity contribution is 6.31. The number of hydrogen-bond donors (Lipinski definition) is 0. The number of rotatable bonds is 7. The lowest BCUT2D eigenvalue weighted by Gasteiger charge is -2.18. The molecule has 1 aromatic carbocycles. The summed E-state index contributed by atoms with van der Waals surface area (Å²) in [5, 5.41) is 4.69. The van der Waals surface area contributed by atoms with Crippen LogP contribution in [-0.2, 0) is 13.1 Å². The first-order valence-electron chi connectivity index (χ1n) is 10.2. The minimum absolute atomic E-state index is 0. The summed E-state index contributed by atoms with van der Waals surface area (Å²) in [4.78, 5) is 25.9. The van der Waals surface area contributed by atoms with Crippen molar-refractivity contribution in [3.63, 3.8) is 0 Å². The number of hydrogen-bond acceptors (Lipinski definition) is 6. The Morgan fingerprint density at radius 2 is 1.97 bits per heavy atom. The van der Waals surface area contributed by atoms with Gasteiger partial charge in [-0.05, 0) is 44.1 Å². The molecule has 0 N–H and O–H groups in total. The van der Waals surface area contributed by atoms with Crippen LogP contribution in [0.15, 0.2) is 29.0 Å². The van der Waals surface area contributed by atoms with Gasteiger partial charge in [-0.25, -0.2) is 4.98 Å². The van der Waals surface area contributed by atoms with Gasteiger partial charge in [-0.2, -0.15) is 4.98 Å². The zero-order valence-electron chi connectivity index (χ0n) is 17.8. The van der Waals surface area contributed by atoms with Crippen molar-refractivity contribution < 1.29 is 9.32 Å². The van der Waals surface area contributed by atoms with Crippen LogP contribution in [0, 0.1) is 0 Å². The smallest absolute Gasteiger partial charge is 0.256 e. The molecule has 0 spiro atoms. The van der Waals surface area contributed by atoms with Crippen LogP contribution in [0.25, 0.3) is 17.2 Å². The molecule has 1 amide bonds. The van der Waals surface area contributed by atoms with Crippen LogP contribution in [0.5, 0.6) is 0 Å². The van der Waals surface area contributed by atoms with Crippen molar-refractivity contribution in [2.75, 3.05) is 20.1 Å². The van der Waals surface area contributed by atoms with Gasteiger partial charge < -0.3 is 9.42 Å². The van der Waals surface area contributed by atoms with Crippen LogP contribution < -0.4 is 0 Å². The lowest BCUT2D eigenvalue weighted by Crippen LogP contribution is -2.25. The SMILES string of the molecule is CCCN(CCC)Cc1nc(-c2ncn3c2CN(C)C(=O)c2cc(Cl)ccc2-3)no1.Cl. The van der Waals surface area contributed by atoms with Gasteiger partial charge in [0.15, 0.2) is 0 Å². The van der Waals surface area contributed by atoms with E-state index in [1.807, 2.05) is 10.6 Å². The van der Waals surface area contributed by atoms with Crippen molar-refractivity contribution >= 4 is 29.9 Å². The molecule has 8 nitrogen and oxygen atoms in total. The third-order valence-corrected chi connectivity index (χ3v) is 5.40. The third-order valence-electron chi connectivity index (χ3n) is 5.17. The van der Waals surface area contributed by atoms with E-state index in [0.29, 0.717) is 41.1 Å². The number of imidazole rings is 1. The van der Waals surface area contributed by atoms with E-state index in [2.05, 4.69) is 33.9 Å². The summed E-state index contributed by atoms with van der Waals surface area (Å²) in [6, 6.07) is 5.29. The molecule has 0 atom stereocenters. The van der Waals surface area contributed by atoms with E-state index < -0.39 is 0 Å². The molecule has 4 rings (SSSR count). The Hall–Kier alpha value is -2.42. The first-order valence-corrected chi connectivity index (χ1v) is 10.6. The molecule has 0 fully saturated rings. The van der Waals surface area contributed by atoms with E-state index in [-0.39, 0.29) is 18.3 Å². The molecule has 3 heterocycles. The Kier molecular flexibility index (Phi) is 7.35. The molecule has 2 aromatic heterocycles. The van der Waals surface area contributed by atoms with Crippen molar-refractivity contribution in [2.24, 2.45) is 0 Å². The minimum atomic E-state index is -0.0919. The summed E-state index contributed by atoms with van der Waals surface area (Å²) < 4.78 is 7.42. The summed E-state index contributed by atoms with van der Waals surface area (Å²) in [5.74, 6) is 0.912. The number of benzene rings is 1. The highest BCUT2D eigenvalue weighted by Gasteiger charge is 2.28. The molecule has 0 aliphatic carbocycles. The predicted molar refractivity (Wildman–Crippen MR) is 121 cm³/mol. The molecule has 31 heavy (non-hydrogen) atoms. The molecule has 166 valence electrons. The van der Waals surface area contributed by atoms with Crippen LogP contribution in [0.4, 0.5) is 0 Å². The molecule has 0 saturated heterocycles. The molecular weight excluding hydrogens is 439 g/mol. The average molecular weight is 465 g/mol. The Morgan fingerprint density at radius 1 is 1.23 bits per heavy atom. The van der Waals surface area contributed by atoms with Gasteiger partial charge in [-0.1, -0.05) is 30.6 Å². The third kappa shape index (κ3) is 4.61. The van der Waals surface area contributed by atoms with Gasteiger partial charge in [-0.3, -0.25) is 14.3 Å². The van der Waals surface area contributed by atoms with E-state index >= 15 is 0 Å². The maximum absolute atomic E-state index is 12.8. The molecule has 0 saturated carbocycles. The fourth-order valence-electron chi connectivity index (χ4n) is 3.82. The molecule has 1 aliphatic rings. The van der Waals surface area contributed by atoms with Gasteiger partial charge >= 0.3 is 0 Å². The van der Waals surface area contributed by atoms with E-state index in [0.717, 1.165) is 37.3 Å². The number of carbonyl (C=O) groups is 1. The standard InChI is InChI=1S/C21H25ClN6O2.ClH/c1-4-8-27(9-5-2)12-18-24-20(25-30-18)19-17-11-26(3)21(29)15-10-14(22)6-7-16(15)28(17)13-23-19;/h6-7,10,13H,4-5,8-9,11-12H2,1-3H3;1H. The number of halogens is 2. The maximum Gasteiger partial charge on any atom is 0.256 e. The maximum atomic E-state index is 12.8. The van der Waals surface area contributed by atoms with Crippen LogP contribution in [-0.4, -0.2) is 55.5 Å². The lowest BCUT2D eigenvalue weighted by molar-refractivity contribution is 0.0788.